The molecule has 2 aromatic heterocycles. The fourth-order valence-corrected chi connectivity index (χ4v) is 3.06. The molecule has 1 atom stereocenters. The minimum absolute atomic E-state index is 0.158. The van der Waals surface area contributed by atoms with Crippen LogP contribution in [0.1, 0.15) is 36.1 Å². The fraction of sp³-hybridized carbons (Fsp3) is 0.571. The number of aryl methyl sites for hydroxylation is 4. The first-order valence-electron chi connectivity index (χ1n) is 6.82. The number of rotatable bonds is 5. The Morgan fingerprint density at radius 2 is 2.00 bits per heavy atom. The van der Waals surface area contributed by atoms with Gasteiger partial charge in [0.1, 0.15) is 10.8 Å². The minimum atomic E-state index is 0.158. The Hall–Kier alpha value is -1.27. The maximum atomic E-state index is 6.09. The fourth-order valence-electron chi connectivity index (χ4n) is 2.02. The van der Waals surface area contributed by atoms with Crippen molar-refractivity contribution < 1.29 is 4.42 Å². The monoisotopic (exact) mass is 294 g/mol. The van der Waals surface area contributed by atoms with Gasteiger partial charge >= 0.3 is 0 Å². The molecule has 0 amide bonds. The van der Waals surface area contributed by atoms with Crippen LogP contribution in [0.4, 0.5) is 0 Å². The van der Waals surface area contributed by atoms with Crippen LogP contribution < -0.4 is 5.73 Å². The van der Waals surface area contributed by atoms with Gasteiger partial charge in [-0.3, -0.25) is 4.68 Å². The molecule has 2 heterocycles. The Morgan fingerprint density at radius 3 is 2.55 bits per heavy atom. The van der Waals surface area contributed by atoms with Crippen molar-refractivity contribution in [1.29, 1.82) is 0 Å². The van der Waals surface area contributed by atoms with Gasteiger partial charge in [0.05, 0.1) is 11.4 Å². The molecule has 5 nitrogen and oxygen atoms in total. The van der Waals surface area contributed by atoms with Crippen LogP contribution in [0.3, 0.4) is 0 Å². The second kappa shape index (κ2) is 6.01. The zero-order valence-electron chi connectivity index (χ0n) is 12.7. The van der Waals surface area contributed by atoms with E-state index >= 15 is 0 Å². The van der Waals surface area contributed by atoms with Crippen molar-refractivity contribution in [1.82, 2.24) is 14.8 Å². The molecule has 0 saturated carbocycles. The average molecular weight is 294 g/mol. The van der Waals surface area contributed by atoms with Crippen molar-refractivity contribution >= 4 is 11.8 Å². The number of nitrogens with two attached hydrogens (primary N) is 1. The molecule has 2 rings (SSSR count). The molecular formula is C14H22N4OS. The first kappa shape index (κ1) is 15.1. The van der Waals surface area contributed by atoms with Crippen LogP contribution in [0, 0.1) is 20.8 Å². The van der Waals surface area contributed by atoms with E-state index in [2.05, 4.69) is 17.0 Å². The number of hydrogen-bond donors (Lipinski definition) is 1. The number of aromatic nitrogens is 3. The highest BCUT2D eigenvalue weighted by molar-refractivity contribution is 7.99. The van der Waals surface area contributed by atoms with Gasteiger partial charge in [-0.05, 0) is 45.4 Å². The third-order valence-corrected chi connectivity index (χ3v) is 4.53. The van der Waals surface area contributed by atoms with Gasteiger partial charge in [0, 0.05) is 18.7 Å². The Morgan fingerprint density at radius 1 is 1.30 bits per heavy atom. The van der Waals surface area contributed by atoms with Gasteiger partial charge in [0.15, 0.2) is 0 Å². The van der Waals surface area contributed by atoms with Gasteiger partial charge in [0.2, 0.25) is 0 Å². The summed E-state index contributed by atoms with van der Waals surface area (Å²) in [5.41, 5.74) is 9.24. The quantitative estimate of drug-likeness (QED) is 0.918. The SMILES string of the molecule is CCC(N)Cc1c(C)nn(C)c1Sc1nc(C)c(C)o1. The topological polar surface area (TPSA) is 69.9 Å². The van der Waals surface area contributed by atoms with E-state index in [9.17, 15) is 0 Å². The van der Waals surface area contributed by atoms with E-state index in [0.717, 1.165) is 35.0 Å². The number of oxazole rings is 1. The van der Waals surface area contributed by atoms with Crippen LogP contribution in [0.2, 0.25) is 0 Å². The molecule has 110 valence electrons. The first-order valence-corrected chi connectivity index (χ1v) is 7.64. The molecule has 0 aliphatic heterocycles. The molecule has 6 heteroatoms. The van der Waals surface area contributed by atoms with Crippen molar-refractivity contribution in [3.05, 3.63) is 22.7 Å². The van der Waals surface area contributed by atoms with Crippen LogP contribution in [-0.4, -0.2) is 20.8 Å². The highest BCUT2D eigenvalue weighted by Gasteiger charge is 2.19. The molecule has 2 aromatic rings. The van der Waals surface area contributed by atoms with E-state index < -0.39 is 0 Å². The molecule has 0 saturated heterocycles. The van der Waals surface area contributed by atoms with Crippen LogP contribution in [0.5, 0.6) is 0 Å². The molecule has 0 bridgehead atoms. The van der Waals surface area contributed by atoms with Crippen molar-refractivity contribution in [3.63, 3.8) is 0 Å². The lowest BCUT2D eigenvalue weighted by molar-refractivity contribution is 0.430. The van der Waals surface area contributed by atoms with Crippen molar-refractivity contribution in [2.45, 2.75) is 56.8 Å². The maximum absolute atomic E-state index is 6.09. The third-order valence-electron chi connectivity index (χ3n) is 3.47. The Kier molecular flexibility index (Phi) is 4.55. The molecule has 0 spiro atoms. The molecule has 1 unspecified atom stereocenters. The smallest absolute Gasteiger partial charge is 0.262 e. The van der Waals surface area contributed by atoms with E-state index in [1.165, 1.54) is 17.3 Å². The lowest BCUT2D eigenvalue weighted by atomic mass is 10.1. The summed E-state index contributed by atoms with van der Waals surface area (Å²) in [6.45, 7) is 8.00. The first-order chi connectivity index (χ1) is 9.42. The van der Waals surface area contributed by atoms with E-state index in [4.69, 9.17) is 10.2 Å². The molecule has 2 N–H and O–H groups in total. The molecule has 0 fully saturated rings. The molecular weight excluding hydrogens is 272 g/mol. The van der Waals surface area contributed by atoms with E-state index in [1.54, 1.807) is 0 Å². The summed E-state index contributed by atoms with van der Waals surface area (Å²) in [6.07, 6.45) is 1.78. The summed E-state index contributed by atoms with van der Waals surface area (Å²) < 4.78 is 7.53. The van der Waals surface area contributed by atoms with Crippen LogP contribution in [0.25, 0.3) is 0 Å². The minimum Gasteiger partial charge on any atom is -0.436 e. The lowest BCUT2D eigenvalue weighted by Gasteiger charge is -2.09. The van der Waals surface area contributed by atoms with Crippen LogP contribution >= 0.6 is 11.8 Å². The highest BCUT2D eigenvalue weighted by Crippen LogP contribution is 2.32. The molecule has 20 heavy (non-hydrogen) atoms. The molecule has 0 aromatic carbocycles. The van der Waals surface area contributed by atoms with Gasteiger partial charge in [-0.1, -0.05) is 6.92 Å². The second-order valence-corrected chi connectivity index (χ2v) is 6.03. The predicted octanol–water partition coefficient (Wildman–Crippen LogP) is 2.76. The largest absolute Gasteiger partial charge is 0.436 e. The van der Waals surface area contributed by atoms with Crippen molar-refractivity contribution in [2.75, 3.05) is 0 Å². The summed E-state index contributed by atoms with van der Waals surface area (Å²) in [4.78, 5) is 4.42. The third kappa shape index (κ3) is 3.07. The van der Waals surface area contributed by atoms with Crippen LogP contribution in [0.15, 0.2) is 14.7 Å². The summed E-state index contributed by atoms with van der Waals surface area (Å²) in [6, 6.07) is 0.158. The van der Waals surface area contributed by atoms with E-state index in [1.807, 2.05) is 32.5 Å². The Labute approximate surface area is 123 Å². The Bertz CT molecular complexity index is 583. The summed E-state index contributed by atoms with van der Waals surface area (Å²) >= 11 is 1.52. The zero-order valence-corrected chi connectivity index (χ0v) is 13.5. The lowest BCUT2D eigenvalue weighted by Crippen LogP contribution is -2.21. The Balaban J connectivity index is 2.30. The molecule has 0 aliphatic rings. The van der Waals surface area contributed by atoms with E-state index in [0.29, 0.717) is 5.22 Å². The normalized spacial score (nSPS) is 12.9. The summed E-state index contributed by atoms with van der Waals surface area (Å²) in [5.74, 6) is 0.859. The van der Waals surface area contributed by atoms with Crippen molar-refractivity contribution in [2.24, 2.45) is 12.8 Å². The molecule has 0 radical (unpaired) electrons. The number of nitrogens with zero attached hydrogens (tertiary/aromatic N) is 3. The van der Waals surface area contributed by atoms with Gasteiger partial charge < -0.3 is 10.2 Å². The highest BCUT2D eigenvalue weighted by atomic mass is 32.2. The van der Waals surface area contributed by atoms with Gasteiger partial charge in [-0.2, -0.15) is 5.10 Å². The van der Waals surface area contributed by atoms with Gasteiger partial charge in [0.25, 0.3) is 5.22 Å². The second-order valence-electron chi connectivity index (χ2n) is 5.09. The van der Waals surface area contributed by atoms with Crippen molar-refractivity contribution in [3.8, 4) is 0 Å². The zero-order chi connectivity index (χ0) is 14.9. The predicted molar refractivity (Wildman–Crippen MR) is 80.0 cm³/mol. The summed E-state index contributed by atoms with van der Waals surface area (Å²) in [5, 5.41) is 6.22. The number of hydrogen-bond acceptors (Lipinski definition) is 5. The van der Waals surface area contributed by atoms with E-state index in [-0.39, 0.29) is 6.04 Å². The molecule has 0 aliphatic carbocycles. The van der Waals surface area contributed by atoms with Gasteiger partial charge in [-0.25, -0.2) is 4.98 Å². The maximum Gasteiger partial charge on any atom is 0.262 e. The van der Waals surface area contributed by atoms with Crippen LogP contribution in [-0.2, 0) is 13.5 Å². The summed E-state index contributed by atoms with van der Waals surface area (Å²) in [7, 11) is 1.94. The average Bonchev–Trinajstić information content (AvgIpc) is 2.83. The van der Waals surface area contributed by atoms with Gasteiger partial charge in [-0.15, -0.1) is 0 Å². The standard InChI is InChI=1S/C14H22N4OS/c1-6-11(15)7-12-9(3)17-18(5)13(12)20-14-16-8(2)10(4)19-14/h11H,6-7,15H2,1-5H3.